The summed E-state index contributed by atoms with van der Waals surface area (Å²) in [5, 5.41) is 0. The van der Waals surface area contributed by atoms with Crippen LogP contribution in [0.15, 0.2) is 0 Å². The summed E-state index contributed by atoms with van der Waals surface area (Å²) >= 11 is 6.80. The van der Waals surface area contributed by atoms with Crippen molar-refractivity contribution in [2.75, 3.05) is 0 Å². The average molecular weight is 300 g/mol. The molecule has 0 saturated carbocycles. The molecule has 32 valence electrons. The van der Waals surface area contributed by atoms with Crippen LogP contribution in [-0.2, 0) is 13.9 Å². The van der Waals surface area contributed by atoms with Gasteiger partial charge in [-0.3, -0.25) is 0 Å². The molecule has 0 aliphatic rings. The molecule has 0 bridgehead atoms. The first-order valence-electron chi connectivity index (χ1n) is 0.239. The molecule has 0 aliphatic heterocycles. The van der Waals surface area contributed by atoms with E-state index in [9.17, 15) is 0 Å². The van der Waals surface area contributed by atoms with Gasteiger partial charge in [0.05, 0.1) is 0 Å². The maximum atomic E-state index is 3.11. The molecule has 0 radical (unpaired) electrons. The zero-order chi connectivity index (χ0) is 2.71. The molecule has 0 amide bonds. The van der Waals surface area contributed by atoms with E-state index in [0.29, 0.717) is 13.9 Å². The molecule has 1 unspecified atom stereocenters. The van der Waals surface area contributed by atoms with Gasteiger partial charge in [-0.1, -0.05) is 0 Å². The van der Waals surface area contributed by atoms with Crippen LogP contribution >= 0.6 is 36.8 Å². The molecule has 1 atom stereocenters. The molecule has 4 heavy (non-hydrogen) atoms. The van der Waals surface area contributed by atoms with E-state index in [-0.39, 0.29) is 9.90 Å². The maximum absolute atomic E-state index is 3.11. The molecule has 0 rings (SSSR count). The van der Waals surface area contributed by atoms with E-state index in [4.69, 9.17) is 0 Å². The quantitative estimate of drug-likeness (QED) is 0.472. The van der Waals surface area contributed by atoms with Crippen LogP contribution in [0.2, 0.25) is 0 Å². The Bertz CT molecular complexity index is 6.00. The molecule has 0 heterocycles. The van der Waals surface area contributed by atoms with Crippen molar-refractivity contribution < 1.29 is 13.9 Å². The van der Waals surface area contributed by atoms with Crippen LogP contribution in [0.1, 0.15) is 0 Å². The number of hydrogen-bond donors (Lipinski definition) is 0. The molecule has 4 heteroatoms. The van der Waals surface area contributed by atoms with Crippen molar-refractivity contribution in [3.8, 4) is 0 Å². The van der Waals surface area contributed by atoms with Gasteiger partial charge >= 0.3 is 40.8 Å². The van der Waals surface area contributed by atoms with E-state index in [1.54, 1.807) is 0 Å². The first-order valence-corrected chi connectivity index (χ1v) is 7.35. The molecule has 0 spiro atoms. The Morgan fingerprint density at radius 1 is 1.25 bits per heavy atom. The molecule has 0 aromatic heterocycles. The summed E-state index contributed by atoms with van der Waals surface area (Å²) in [5.74, 6) is 0. The molecule has 0 aromatic rings. The molecule has 0 aliphatic carbocycles. The Morgan fingerprint density at radius 2 is 1.25 bits per heavy atom. The van der Waals surface area contributed by atoms with E-state index in [1.807, 2.05) is 0 Å². The molecule has 0 fully saturated rings. The van der Waals surface area contributed by atoms with Gasteiger partial charge in [-0.05, 0) is 0 Å². The summed E-state index contributed by atoms with van der Waals surface area (Å²) in [6.45, 7) is 0. The SMILES string of the molecule is P.[Br][Pd][Br]. The summed E-state index contributed by atoms with van der Waals surface area (Å²) in [6.07, 6.45) is 0. The summed E-state index contributed by atoms with van der Waals surface area (Å²) in [7, 11) is 0. The Morgan fingerprint density at radius 3 is 1.25 bits per heavy atom. The molecular formula is H3Br2PPd. The van der Waals surface area contributed by atoms with Gasteiger partial charge in [0.15, 0.2) is 0 Å². The monoisotopic (exact) mass is 298 g/mol. The number of rotatable bonds is 0. The van der Waals surface area contributed by atoms with Gasteiger partial charge in [-0.2, -0.15) is 9.90 Å². The Kier molecular flexibility index (Phi) is 20.9. The fourth-order valence-corrected chi connectivity index (χ4v) is 0. The van der Waals surface area contributed by atoms with Crippen LogP contribution in [0.25, 0.3) is 0 Å². The second kappa shape index (κ2) is 8.91. The van der Waals surface area contributed by atoms with Crippen molar-refractivity contribution in [1.82, 2.24) is 0 Å². The van der Waals surface area contributed by atoms with Crippen molar-refractivity contribution in [3.05, 3.63) is 0 Å². The van der Waals surface area contributed by atoms with E-state index >= 15 is 0 Å². The number of hydrogen-bond acceptors (Lipinski definition) is 0. The van der Waals surface area contributed by atoms with Crippen molar-refractivity contribution >= 4 is 36.8 Å². The fraction of sp³-hybridized carbons (Fsp3) is 0. The first kappa shape index (κ1) is 9.41. The number of halogens is 2. The summed E-state index contributed by atoms with van der Waals surface area (Å²) in [4.78, 5) is 0. The topological polar surface area (TPSA) is 0 Å². The third-order valence-corrected chi connectivity index (χ3v) is 0. The van der Waals surface area contributed by atoms with E-state index < -0.39 is 0 Å². The Balaban J connectivity index is 0. The van der Waals surface area contributed by atoms with E-state index in [1.165, 1.54) is 0 Å². The predicted octanol–water partition coefficient (Wildman–Crippen LogP) is 1.75. The van der Waals surface area contributed by atoms with E-state index in [0.717, 1.165) is 0 Å². The molecule has 0 saturated heterocycles. The Hall–Kier alpha value is 2.05. The zero-order valence-corrected chi connectivity index (χ0v) is 7.92. The zero-order valence-electron chi connectivity index (χ0n) is 1.78. The summed E-state index contributed by atoms with van der Waals surface area (Å²) in [5.41, 5.74) is 0. The predicted molar refractivity (Wildman–Crippen MR) is 29.0 cm³/mol. The van der Waals surface area contributed by atoms with Gasteiger partial charge in [-0.15, -0.1) is 0 Å². The Labute approximate surface area is 50.3 Å². The van der Waals surface area contributed by atoms with Crippen molar-refractivity contribution in [2.24, 2.45) is 0 Å². The van der Waals surface area contributed by atoms with Gasteiger partial charge in [0.25, 0.3) is 0 Å². The van der Waals surface area contributed by atoms with Crippen LogP contribution in [0.3, 0.4) is 0 Å². The minimum atomic E-state index is 0. The van der Waals surface area contributed by atoms with Crippen LogP contribution < -0.4 is 0 Å². The second-order valence-corrected chi connectivity index (χ2v) is 7.22. The van der Waals surface area contributed by atoms with Crippen LogP contribution in [0.5, 0.6) is 0 Å². The second-order valence-electron chi connectivity index (χ2n) is 0.0452. The van der Waals surface area contributed by atoms with Crippen molar-refractivity contribution in [2.45, 2.75) is 0 Å². The van der Waals surface area contributed by atoms with Crippen molar-refractivity contribution in [3.63, 3.8) is 0 Å². The van der Waals surface area contributed by atoms with Crippen LogP contribution in [0, 0.1) is 0 Å². The summed E-state index contributed by atoms with van der Waals surface area (Å²) < 4.78 is 0. The van der Waals surface area contributed by atoms with Crippen LogP contribution in [-0.4, -0.2) is 0 Å². The summed E-state index contributed by atoms with van der Waals surface area (Å²) in [6, 6.07) is 0. The van der Waals surface area contributed by atoms with Gasteiger partial charge in [0.2, 0.25) is 0 Å². The van der Waals surface area contributed by atoms with Crippen LogP contribution in [0.4, 0.5) is 0 Å². The van der Waals surface area contributed by atoms with Gasteiger partial charge in [0.1, 0.15) is 0 Å². The molecular weight excluding hydrogens is 297 g/mol. The van der Waals surface area contributed by atoms with Gasteiger partial charge in [0, 0.05) is 0 Å². The third-order valence-electron chi connectivity index (χ3n) is 0. The van der Waals surface area contributed by atoms with Gasteiger partial charge < -0.3 is 0 Å². The minimum absolute atomic E-state index is 0. The molecule has 0 aromatic carbocycles. The van der Waals surface area contributed by atoms with Gasteiger partial charge in [-0.25, -0.2) is 0 Å². The average Bonchev–Trinajstić information content (AvgIpc) is 0.918. The normalized spacial score (nSPS) is 5.50. The molecule has 0 N–H and O–H groups in total. The molecule has 0 nitrogen and oxygen atoms in total. The van der Waals surface area contributed by atoms with Crippen molar-refractivity contribution in [1.29, 1.82) is 0 Å². The third kappa shape index (κ3) is 8.96. The first-order chi connectivity index (χ1) is 1.41. The standard InChI is InChI=1S/2BrH.H3P.Pd/h2*1H;1H3;/q;;;+2/p-2. The fourth-order valence-electron chi connectivity index (χ4n) is 0. The van der Waals surface area contributed by atoms with E-state index in [2.05, 4.69) is 26.9 Å².